The van der Waals surface area contributed by atoms with Crippen LogP contribution >= 0.6 is 11.8 Å². The van der Waals surface area contributed by atoms with Crippen LogP contribution < -0.4 is 0 Å². The third kappa shape index (κ3) is 4.72. The number of thioether (sulfide) groups is 1. The van der Waals surface area contributed by atoms with Crippen molar-refractivity contribution in [3.63, 3.8) is 0 Å². The number of carboxylic acids is 1. The van der Waals surface area contributed by atoms with Gasteiger partial charge in [0.05, 0.1) is 11.4 Å². The Balaban J connectivity index is 1.81. The molecule has 0 saturated carbocycles. The molecular weight excluding hydrogens is 412 g/mol. The minimum atomic E-state index is -0.957. The van der Waals surface area contributed by atoms with E-state index in [1.54, 1.807) is 53.2 Å². The molecule has 4 aromatic rings. The number of hydrogen-bond donors (Lipinski definition) is 1. The molecule has 0 spiro atoms. The van der Waals surface area contributed by atoms with Gasteiger partial charge < -0.3 is 5.11 Å². The fourth-order valence-electron chi connectivity index (χ4n) is 3.46. The highest BCUT2D eigenvalue weighted by Gasteiger charge is 2.27. The van der Waals surface area contributed by atoms with Gasteiger partial charge >= 0.3 is 5.97 Å². The largest absolute Gasteiger partial charge is 0.481 e. The van der Waals surface area contributed by atoms with Crippen molar-refractivity contribution in [2.24, 2.45) is 0 Å². The third-order valence-electron chi connectivity index (χ3n) is 4.98. The number of fused-ring (bicyclic) bond motifs is 1. The molecule has 0 fully saturated rings. The average molecular weight is 435 g/mol. The Morgan fingerprint density at radius 1 is 1.16 bits per heavy atom. The van der Waals surface area contributed by atoms with E-state index in [-0.39, 0.29) is 6.42 Å². The van der Waals surface area contributed by atoms with E-state index in [1.807, 2.05) is 18.2 Å². The molecule has 4 rings (SSSR count). The standard InChI is InChI=1S/C22H22N6O2S/c1-31-10-4-7-18-21-27-26-20(17(22(29)30)11-15-5-2-8-23-12-15)28(21)14-19(25-18)16-6-3-9-24-13-16/h2-3,5-6,8-9,12-14,17H,4,7,10-11H2,1H3,(H,29,30). The van der Waals surface area contributed by atoms with Crippen molar-refractivity contribution in [1.82, 2.24) is 29.5 Å². The summed E-state index contributed by atoms with van der Waals surface area (Å²) in [5.74, 6) is -0.431. The van der Waals surface area contributed by atoms with Crippen molar-refractivity contribution in [2.45, 2.75) is 25.2 Å². The summed E-state index contributed by atoms with van der Waals surface area (Å²) in [5.41, 5.74) is 3.80. The first-order valence-electron chi connectivity index (χ1n) is 9.93. The monoisotopic (exact) mass is 434 g/mol. The molecule has 0 bridgehead atoms. The van der Waals surface area contributed by atoms with Crippen molar-refractivity contribution >= 4 is 23.4 Å². The van der Waals surface area contributed by atoms with E-state index in [9.17, 15) is 9.90 Å². The normalized spacial score (nSPS) is 12.2. The Morgan fingerprint density at radius 3 is 2.65 bits per heavy atom. The lowest BCUT2D eigenvalue weighted by molar-refractivity contribution is -0.139. The number of carbonyl (C=O) groups is 1. The molecule has 0 aliphatic carbocycles. The molecule has 0 amide bonds. The molecule has 0 saturated heterocycles. The Labute approximate surface area is 183 Å². The second-order valence-corrected chi connectivity index (χ2v) is 8.10. The molecular formula is C22H22N6O2S. The second-order valence-electron chi connectivity index (χ2n) is 7.12. The van der Waals surface area contributed by atoms with Crippen molar-refractivity contribution in [1.29, 1.82) is 0 Å². The van der Waals surface area contributed by atoms with Gasteiger partial charge in [-0.05, 0) is 55.0 Å². The zero-order valence-electron chi connectivity index (χ0n) is 17.0. The minimum Gasteiger partial charge on any atom is -0.481 e. The SMILES string of the molecule is CSCCCc1nc(-c2cccnc2)cn2c(C(Cc3cccnc3)C(=O)O)nnc12. The van der Waals surface area contributed by atoms with Crippen molar-refractivity contribution in [3.8, 4) is 11.3 Å². The molecule has 0 aliphatic heterocycles. The van der Waals surface area contributed by atoms with Crippen LogP contribution in [0.5, 0.6) is 0 Å². The van der Waals surface area contributed by atoms with Gasteiger partial charge in [-0.3, -0.25) is 19.2 Å². The number of rotatable bonds is 9. The van der Waals surface area contributed by atoms with Crippen LogP contribution in [0.25, 0.3) is 16.9 Å². The summed E-state index contributed by atoms with van der Waals surface area (Å²) in [6, 6.07) is 7.44. The van der Waals surface area contributed by atoms with Crippen LogP contribution in [0, 0.1) is 0 Å². The van der Waals surface area contributed by atoms with Gasteiger partial charge in [-0.2, -0.15) is 11.8 Å². The van der Waals surface area contributed by atoms with Gasteiger partial charge in [-0.1, -0.05) is 6.07 Å². The summed E-state index contributed by atoms with van der Waals surface area (Å²) in [6.45, 7) is 0. The maximum atomic E-state index is 12.2. The second kappa shape index (κ2) is 9.65. The summed E-state index contributed by atoms with van der Waals surface area (Å²) < 4.78 is 1.78. The number of nitrogens with zero attached hydrogens (tertiary/aromatic N) is 6. The molecule has 1 atom stereocenters. The van der Waals surface area contributed by atoms with E-state index in [0.717, 1.165) is 35.4 Å². The van der Waals surface area contributed by atoms with Gasteiger partial charge in [0, 0.05) is 36.5 Å². The van der Waals surface area contributed by atoms with Crippen LogP contribution in [-0.4, -0.2) is 52.6 Å². The zero-order valence-corrected chi connectivity index (χ0v) is 17.9. The minimum absolute atomic E-state index is 0.274. The zero-order chi connectivity index (χ0) is 21.6. The molecule has 31 heavy (non-hydrogen) atoms. The van der Waals surface area contributed by atoms with Gasteiger partial charge in [0.15, 0.2) is 11.5 Å². The van der Waals surface area contributed by atoms with E-state index in [0.29, 0.717) is 17.2 Å². The molecule has 1 N–H and O–H groups in total. The Hall–Kier alpha value is -3.33. The fraction of sp³-hybridized carbons (Fsp3) is 0.273. The van der Waals surface area contributed by atoms with Gasteiger partial charge in [0.2, 0.25) is 0 Å². The maximum absolute atomic E-state index is 12.2. The number of carboxylic acid groups (broad SMARTS) is 1. The predicted octanol–water partition coefficient (Wildman–Crippen LogP) is 3.29. The van der Waals surface area contributed by atoms with E-state index in [4.69, 9.17) is 4.98 Å². The molecule has 4 aromatic heterocycles. The lowest BCUT2D eigenvalue weighted by Gasteiger charge is -2.12. The predicted molar refractivity (Wildman–Crippen MR) is 119 cm³/mol. The highest BCUT2D eigenvalue weighted by atomic mass is 32.2. The summed E-state index contributed by atoms with van der Waals surface area (Å²) in [5, 5.41) is 18.6. The number of pyridine rings is 2. The highest BCUT2D eigenvalue weighted by molar-refractivity contribution is 7.98. The first-order valence-corrected chi connectivity index (χ1v) is 11.3. The van der Waals surface area contributed by atoms with Gasteiger partial charge in [0.1, 0.15) is 5.92 Å². The fourth-order valence-corrected chi connectivity index (χ4v) is 3.89. The van der Waals surface area contributed by atoms with Gasteiger partial charge in [0.25, 0.3) is 0 Å². The Bertz CT molecular complexity index is 1170. The van der Waals surface area contributed by atoms with Gasteiger partial charge in [-0.15, -0.1) is 10.2 Å². The van der Waals surface area contributed by atoms with Crippen LogP contribution in [0.2, 0.25) is 0 Å². The Morgan fingerprint density at radius 2 is 1.97 bits per heavy atom. The van der Waals surface area contributed by atoms with Crippen LogP contribution in [-0.2, 0) is 17.6 Å². The highest BCUT2D eigenvalue weighted by Crippen LogP contribution is 2.25. The topological polar surface area (TPSA) is 106 Å². The number of aromatic nitrogens is 6. The summed E-state index contributed by atoms with van der Waals surface area (Å²) >= 11 is 1.78. The molecule has 0 aliphatic rings. The van der Waals surface area contributed by atoms with E-state index in [2.05, 4.69) is 26.4 Å². The van der Waals surface area contributed by atoms with E-state index < -0.39 is 11.9 Å². The average Bonchev–Trinajstić information content (AvgIpc) is 3.22. The first-order chi connectivity index (χ1) is 15.2. The number of aliphatic carboxylic acids is 1. The molecule has 9 heteroatoms. The van der Waals surface area contributed by atoms with Crippen LogP contribution in [0.1, 0.15) is 29.4 Å². The molecule has 8 nitrogen and oxygen atoms in total. The maximum Gasteiger partial charge on any atom is 0.314 e. The summed E-state index contributed by atoms with van der Waals surface area (Å²) in [6.07, 6.45) is 12.6. The van der Waals surface area contributed by atoms with Crippen molar-refractivity contribution in [3.05, 3.63) is 72.3 Å². The number of aryl methyl sites for hydroxylation is 1. The van der Waals surface area contributed by atoms with Crippen LogP contribution in [0.3, 0.4) is 0 Å². The first kappa shape index (κ1) is 20.9. The van der Waals surface area contributed by atoms with Gasteiger partial charge in [-0.25, -0.2) is 4.98 Å². The van der Waals surface area contributed by atoms with Crippen molar-refractivity contribution in [2.75, 3.05) is 12.0 Å². The quantitative estimate of drug-likeness (QED) is 0.400. The lowest BCUT2D eigenvalue weighted by atomic mass is 10.00. The summed E-state index contributed by atoms with van der Waals surface area (Å²) in [4.78, 5) is 25.3. The van der Waals surface area contributed by atoms with Crippen molar-refractivity contribution < 1.29 is 9.90 Å². The molecule has 158 valence electrons. The van der Waals surface area contributed by atoms with Crippen LogP contribution in [0.4, 0.5) is 0 Å². The molecule has 0 radical (unpaired) electrons. The Kier molecular flexibility index (Phi) is 6.51. The smallest absolute Gasteiger partial charge is 0.314 e. The lowest BCUT2D eigenvalue weighted by Crippen LogP contribution is -2.18. The molecule has 0 aromatic carbocycles. The van der Waals surface area contributed by atoms with E-state index in [1.165, 1.54) is 0 Å². The molecule has 1 unspecified atom stereocenters. The number of hydrogen-bond acceptors (Lipinski definition) is 7. The van der Waals surface area contributed by atoms with Crippen LogP contribution in [0.15, 0.2) is 55.2 Å². The molecule has 4 heterocycles. The summed E-state index contributed by atoms with van der Waals surface area (Å²) in [7, 11) is 0. The third-order valence-corrected chi connectivity index (χ3v) is 5.68. The van der Waals surface area contributed by atoms with E-state index >= 15 is 0 Å².